The fourth-order valence-electron chi connectivity index (χ4n) is 7.96. The van der Waals surface area contributed by atoms with E-state index in [-0.39, 0.29) is 6.04 Å². The van der Waals surface area contributed by atoms with Gasteiger partial charge in [0.25, 0.3) is 0 Å². The molecule has 0 saturated heterocycles. The molecule has 0 radical (unpaired) electrons. The van der Waals surface area contributed by atoms with Gasteiger partial charge in [-0.1, -0.05) is 78.9 Å². The summed E-state index contributed by atoms with van der Waals surface area (Å²) < 4.78 is 18.0. The minimum absolute atomic E-state index is 0.0180. The van der Waals surface area contributed by atoms with Gasteiger partial charge in [0.05, 0.1) is 17.1 Å². The van der Waals surface area contributed by atoms with Crippen molar-refractivity contribution < 1.29 is 8.83 Å². The number of para-hydroxylation sites is 4. The number of nitrogens with zero attached hydrogens (tertiary/aromatic N) is 2. The standard InChI is InChI=1S/C43H30N2O2/c1-3-27(44-34-16-8-4-12-29(34)30-13-5-9-17-35(30)44)24-40-26(2)42-38(46-40)22-23-39-43(42)33-21-20-28(25-41(33)47-39)45-36-18-10-6-14-31(36)32-15-7-11-19-37(32)45/h3-23,25,27H,1,24H2,2H3. The molecule has 1 unspecified atom stereocenters. The molecule has 0 aliphatic heterocycles. The summed E-state index contributed by atoms with van der Waals surface area (Å²) in [5, 5.41) is 8.31. The molecule has 0 bridgehead atoms. The van der Waals surface area contributed by atoms with E-state index in [1.165, 1.54) is 43.6 Å². The lowest BCUT2D eigenvalue weighted by atomic mass is 10.0. The zero-order valence-electron chi connectivity index (χ0n) is 25.9. The first-order chi connectivity index (χ1) is 23.2. The van der Waals surface area contributed by atoms with Crippen LogP contribution in [0.3, 0.4) is 0 Å². The van der Waals surface area contributed by atoms with E-state index in [0.717, 1.165) is 49.9 Å². The fourth-order valence-corrected chi connectivity index (χ4v) is 7.96. The first-order valence-electron chi connectivity index (χ1n) is 16.2. The third kappa shape index (κ3) is 3.64. The highest BCUT2D eigenvalue weighted by molar-refractivity contribution is 6.19. The van der Waals surface area contributed by atoms with Gasteiger partial charge >= 0.3 is 0 Å². The van der Waals surface area contributed by atoms with Crippen molar-refractivity contribution in [2.45, 2.75) is 19.4 Å². The van der Waals surface area contributed by atoms with Crippen LogP contribution < -0.4 is 0 Å². The van der Waals surface area contributed by atoms with Gasteiger partial charge in [0.1, 0.15) is 22.5 Å². The van der Waals surface area contributed by atoms with Crippen LogP contribution in [0.1, 0.15) is 17.4 Å². The van der Waals surface area contributed by atoms with E-state index in [9.17, 15) is 0 Å². The van der Waals surface area contributed by atoms with Crippen molar-refractivity contribution in [2.75, 3.05) is 0 Å². The zero-order chi connectivity index (χ0) is 31.2. The Kier molecular flexibility index (Phi) is 5.44. The van der Waals surface area contributed by atoms with E-state index in [0.29, 0.717) is 6.42 Å². The lowest BCUT2D eigenvalue weighted by molar-refractivity contribution is 0.501. The van der Waals surface area contributed by atoms with Gasteiger partial charge in [-0.25, -0.2) is 0 Å². The van der Waals surface area contributed by atoms with E-state index in [1.807, 2.05) is 18.2 Å². The SMILES string of the molecule is C=CC(Cc1oc2ccc3oc4cc(-n5c6ccccc6c6ccccc65)ccc4c3c2c1C)n1c2ccccc2c2ccccc21. The van der Waals surface area contributed by atoms with Crippen LogP contribution in [0.2, 0.25) is 0 Å². The molecule has 4 heteroatoms. The molecule has 6 aromatic carbocycles. The Bertz CT molecular complexity index is 2770. The van der Waals surface area contributed by atoms with Crippen LogP contribution in [0.4, 0.5) is 0 Å². The number of fused-ring (bicyclic) bond motifs is 11. The molecule has 4 nitrogen and oxygen atoms in total. The van der Waals surface area contributed by atoms with Gasteiger partial charge in [-0.15, -0.1) is 6.58 Å². The molecule has 0 aliphatic rings. The molecule has 0 aliphatic carbocycles. The van der Waals surface area contributed by atoms with Gasteiger partial charge in [0.2, 0.25) is 0 Å². The molecule has 10 rings (SSSR count). The number of hydrogen-bond donors (Lipinski definition) is 0. The second-order valence-electron chi connectivity index (χ2n) is 12.5. The van der Waals surface area contributed by atoms with Crippen LogP contribution in [0.25, 0.3) is 82.2 Å². The monoisotopic (exact) mass is 606 g/mol. The maximum atomic E-state index is 6.65. The van der Waals surface area contributed by atoms with Crippen molar-refractivity contribution in [3.63, 3.8) is 0 Å². The molecule has 224 valence electrons. The van der Waals surface area contributed by atoms with Crippen LogP contribution in [-0.2, 0) is 6.42 Å². The average molecular weight is 607 g/mol. The van der Waals surface area contributed by atoms with Crippen molar-refractivity contribution >= 4 is 76.5 Å². The Balaban J connectivity index is 1.12. The number of aryl methyl sites for hydroxylation is 1. The lowest BCUT2D eigenvalue weighted by Crippen LogP contribution is -2.09. The maximum absolute atomic E-state index is 6.65. The minimum atomic E-state index is 0.0180. The Hall–Kier alpha value is -6.00. The molecule has 4 aromatic heterocycles. The molecular weight excluding hydrogens is 576 g/mol. The van der Waals surface area contributed by atoms with Crippen molar-refractivity contribution in [2.24, 2.45) is 0 Å². The Morgan fingerprint density at radius 1 is 0.574 bits per heavy atom. The van der Waals surface area contributed by atoms with Crippen LogP contribution in [0.5, 0.6) is 0 Å². The molecule has 0 N–H and O–H groups in total. The van der Waals surface area contributed by atoms with E-state index in [2.05, 4.69) is 138 Å². The van der Waals surface area contributed by atoms with Crippen molar-refractivity contribution in [3.8, 4) is 5.69 Å². The number of hydrogen-bond acceptors (Lipinski definition) is 2. The fraction of sp³-hybridized carbons (Fsp3) is 0.0698. The van der Waals surface area contributed by atoms with Crippen LogP contribution in [0, 0.1) is 6.92 Å². The normalized spacial score (nSPS) is 12.9. The van der Waals surface area contributed by atoms with Gasteiger partial charge in [0.15, 0.2) is 0 Å². The first kappa shape index (κ1) is 26.2. The zero-order valence-corrected chi connectivity index (χ0v) is 25.9. The number of rotatable bonds is 5. The van der Waals surface area contributed by atoms with Gasteiger partial charge in [-0.3, -0.25) is 0 Å². The summed E-state index contributed by atoms with van der Waals surface area (Å²) >= 11 is 0. The van der Waals surface area contributed by atoms with Crippen LogP contribution >= 0.6 is 0 Å². The molecule has 0 fully saturated rings. The van der Waals surface area contributed by atoms with E-state index in [1.54, 1.807) is 0 Å². The number of allylic oxidation sites excluding steroid dienone is 1. The topological polar surface area (TPSA) is 36.1 Å². The van der Waals surface area contributed by atoms with Crippen LogP contribution in [0.15, 0.2) is 149 Å². The lowest BCUT2D eigenvalue weighted by Gasteiger charge is -2.17. The van der Waals surface area contributed by atoms with Crippen LogP contribution in [-0.4, -0.2) is 9.13 Å². The highest BCUT2D eigenvalue weighted by atomic mass is 16.3. The van der Waals surface area contributed by atoms with Crippen molar-refractivity contribution in [3.05, 3.63) is 151 Å². The quantitative estimate of drug-likeness (QED) is 0.183. The average Bonchev–Trinajstić information content (AvgIpc) is 3.84. The van der Waals surface area contributed by atoms with Gasteiger partial charge < -0.3 is 18.0 Å². The second-order valence-corrected chi connectivity index (χ2v) is 12.5. The van der Waals surface area contributed by atoms with E-state index in [4.69, 9.17) is 8.83 Å². The summed E-state index contributed by atoms with van der Waals surface area (Å²) in [7, 11) is 0. The van der Waals surface area contributed by atoms with Gasteiger partial charge in [-0.05, 0) is 61.0 Å². The summed E-state index contributed by atoms with van der Waals surface area (Å²) in [6.07, 6.45) is 2.74. The van der Waals surface area contributed by atoms with Crippen molar-refractivity contribution in [1.29, 1.82) is 0 Å². The highest BCUT2D eigenvalue weighted by Crippen LogP contribution is 2.41. The number of aromatic nitrogens is 2. The summed E-state index contributed by atoms with van der Waals surface area (Å²) in [4.78, 5) is 0. The summed E-state index contributed by atoms with van der Waals surface area (Å²) in [6, 6.07) is 45.1. The molecule has 47 heavy (non-hydrogen) atoms. The van der Waals surface area contributed by atoms with Gasteiger partial charge in [-0.2, -0.15) is 0 Å². The van der Waals surface area contributed by atoms with E-state index < -0.39 is 0 Å². The Labute approximate surface area is 270 Å². The minimum Gasteiger partial charge on any atom is -0.461 e. The predicted octanol–water partition coefficient (Wildman–Crippen LogP) is 11.8. The molecule has 0 spiro atoms. The maximum Gasteiger partial charge on any atom is 0.137 e. The van der Waals surface area contributed by atoms with Crippen molar-refractivity contribution in [1.82, 2.24) is 9.13 Å². The Morgan fingerprint density at radius 3 is 1.70 bits per heavy atom. The Morgan fingerprint density at radius 2 is 1.11 bits per heavy atom. The third-order valence-corrected chi connectivity index (χ3v) is 10.1. The summed E-state index contributed by atoms with van der Waals surface area (Å²) in [5.41, 5.74) is 9.60. The second kappa shape index (κ2) is 9.75. The molecule has 0 amide bonds. The summed E-state index contributed by atoms with van der Waals surface area (Å²) in [5.74, 6) is 0.968. The molecular formula is C43H30N2O2. The molecule has 0 saturated carbocycles. The van der Waals surface area contributed by atoms with E-state index >= 15 is 0 Å². The number of furan rings is 2. The first-order valence-corrected chi connectivity index (χ1v) is 16.2. The summed E-state index contributed by atoms with van der Waals surface area (Å²) in [6.45, 7) is 6.46. The number of benzene rings is 6. The molecule has 1 atom stereocenters. The predicted molar refractivity (Wildman–Crippen MR) is 195 cm³/mol. The molecule has 10 aromatic rings. The third-order valence-electron chi connectivity index (χ3n) is 10.1. The largest absolute Gasteiger partial charge is 0.461 e. The smallest absolute Gasteiger partial charge is 0.137 e. The highest BCUT2D eigenvalue weighted by Gasteiger charge is 2.23. The van der Waals surface area contributed by atoms with Gasteiger partial charge in [0, 0.05) is 66.9 Å². The molecule has 4 heterocycles.